The fraction of sp³-hybridized carbons (Fsp3) is 0.286. The molecule has 0 unspecified atom stereocenters. The lowest BCUT2D eigenvalue weighted by molar-refractivity contribution is 0.0924. The van der Waals surface area contributed by atoms with E-state index in [-0.39, 0.29) is 5.91 Å². The van der Waals surface area contributed by atoms with Crippen LogP contribution in [0.1, 0.15) is 34.5 Å². The van der Waals surface area contributed by atoms with Crippen LogP contribution in [0.4, 0.5) is 5.69 Å². The molecule has 5 heteroatoms. The molecule has 26 heavy (non-hydrogen) atoms. The van der Waals surface area contributed by atoms with Crippen molar-refractivity contribution in [3.05, 3.63) is 64.4 Å². The average Bonchev–Trinajstić information content (AvgIpc) is 3.29. The van der Waals surface area contributed by atoms with Gasteiger partial charge in [0, 0.05) is 41.3 Å². The van der Waals surface area contributed by atoms with Gasteiger partial charge in [-0.25, -0.2) is 0 Å². The van der Waals surface area contributed by atoms with Crippen LogP contribution in [-0.4, -0.2) is 19.0 Å². The van der Waals surface area contributed by atoms with Gasteiger partial charge >= 0.3 is 0 Å². The average molecular weight is 369 g/mol. The van der Waals surface area contributed by atoms with Gasteiger partial charge in [-0.15, -0.1) is 0 Å². The van der Waals surface area contributed by atoms with Crippen molar-refractivity contribution in [2.45, 2.75) is 26.3 Å². The highest BCUT2D eigenvalue weighted by atomic mass is 35.5. The number of halogens is 1. The summed E-state index contributed by atoms with van der Waals surface area (Å²) in [6, 6.07) is 13.8. The lowest BCUT2D eigenvalue weighted by Gasteiger charge is -2.17. The van der Waals surface area contributed by atoms with Crippen LogP contribution in [0, 0.1) is 6.92 Å². The van der Waals surface area contributed by atoms with Crippen LogP contribution < -0.4 is 10.2 Å². The van der Waals surface area contributed by atoms with Crippen molar-refractivity contribution in [3.63, 3.8) is 0 Å². The molecule has 3 aromatic rings. The molecule has 1 amide bonds. The van der Waals surface area contributed by atoms with E-state index in [2.05, 4.69) is 34.5 Å². The molecule has 1 fully saturated rings. The van der Waals surface area contributed by atoms with E-state index in [1.165, 1.54) is 18.5 Å². The van der Waals surface area contributed by atoms with E-state index in [0.29, 0.717) is 22.9 Å². The Morgan fingerprint density at radius 2 is 1.88 bits per heavy atom. The smallest absolute Gasteiger partial charge is 0.287 e. The summed E-state index contributed by atoms with van der Waals surface area (Å²) in [6.45, 7) is 4.61. The first-order chi connectivity index (χ1) is 12.6. The number of carbonyl (C=O) groups excluding carboxylic acids is 1. The van der Waals surface area contributed by atoms with Crippen LogP contribution in [0.2, 0.25) is 5.02 Å². The topological polar surface area (TPSA) is 45.5 Å². The summed E-state index contributed by atoms with van der Waals surface area (Å²) in [6.07, 6.45) is 2.53. The molecule has 4 nitrogen and oxygen atoms in total. The highest BCUT2D eigenvalue weighted by Gasteiger charge is 2.18. The Balaban J connectivity index is 1.44. The van der Waals surface area contributed by atoms with Gasteiger partial charge in [-0.2, -0.15) is 0 Å². The number of hydrogen-bond acceptors (Lipinski definition) is 3. The number of benzene rings is 2. The third-order valence-corrected chi connectivity index (χ3v) is 5.20. The highest BCUT2D eigenvalue weighted by Crippen LogP contribution is 2.28. The molecule has 0 spiro atoms. The molecule has 2 aromatic carbocycles. The molecule has 4 rings (SSSR count). The van der Waals surface area contributed by atoms with E-state index in [1.807, 2.05) is 13.0 Å². The van der Waals surface area contributed by atoms with Crippen LogP contribution in [0.3, 0.4) is 0 Å². The third kappa shape index (κ3) is 3.29. The van der Waals surface area contributed by atoms with Gasteiger partial charge in [-0.05, 0) is 55.7 Å². The molecular weight excluding hydrogens is 348 g/mol. The monoisotopic (exact) mass is 368 g/mol. The molecule has 0 radical (unpaired) electrons. The van der Waals surface area contributed by atoms with Crippen LogP contribution >= 0.6 is 11.6 Å². The Kier molecular flexibility index (Phi) is 4.60. The largest absolute Gasteiger partial charge is 0.451 e. The standard InChI is InChI=1S/C21H21ClN2O2/c1-14-18-12-16(22)6-9-19(18)26-20(14)21(25)23-13-15-4-7-17(8-5-15)24-10-2-3-11-24/h4-9,12H,2-3,10-11,13H2,1H3,(H,23,25). The van der Waals surface area contributed by atoms with E-state index < -0.39 is 0 Å². The van der Waals surface area contributed by atoms with E-state index in [9.17, 15) is 4.79 Å². The second kappa shape index (κ2) is 7.04. The zero-order valence-corrected chi connectivity index (χ0v) is 15.5. The van der Waals surface area contributed by atoms with Gasteiger partial charge in [-0.1, -0.05) is 23.7 Å². The Bertz CT molecular complexity index is 941. The van der Waals surface area contributed by atoms with Gasteiger partial charge in [0.05, 0.1) is 0 Å². The Hall–Kier alpha value is -2.46. The number of amides is 1. The maximum atomic E-state index is 12.5. The van der Waals surface area contributed by atoms with Crippen molar-refractivity contribution in [3.8, 4) is 0 Å². The maximum Gasteiger partial charge on any atom is 0.287 e. The Labute approximate surface area is 157 Å². The minimum Gasteiger partial charge on any atom is -0.451 e. The van der Waals surface area contributed by atoms with Gasteiger partial charge in [-0.3, -0.25) is 4.79 Å². The lowest BCUT2D eigenvalue weighted by Crippen LogP contribution is -2.23. The van der Waals surface area contributed by atoms with Crippen molar-refractivity contribution >= 4 is 34.2 Å². The minimum atomic E-state index is -0.210. The van der Waals surface area contributed by atoms with Crippen molar-refractivity contribution in [2.75, 3.05) is 18.0 Å². The summed E-state index contributed by atoms with van der Waals surface area (Å²) in [7, 11) is 0. The zero-order chi connectivity index (χ0) is 18.1. The Morgan fingerprint density at radius 3 is 2.62 bits per heavy atom. The van der Waals surface area contributed by atoms with E-state index >= 15 is 0 Å². The number of anilines is 1. The molecule has 0 saturated carbocycles. The highest BCUT2D eigenvalue weighted by molar-refractivity contribution is 6.31. The van der Waals surface area contributed by atoms with Crippen molar-refractivity contribution in [1.82, 2.24) is 5.32 Å². The van der Waals surface area contributed by atoms with Crippen LogP contribution in [-0.2, 0) is 6.54 Å². The first-order valence-corrected chi connectivity index (χ1v) is 9.30. The summed E-state index contributed by atoms with van der Waals surface area (Å²) in [4.78, 5) is 14.9. The predicted molar refractivity (Wildman–Crippen MR) is 105 cm³/mol. The number of nitrogens with zero attached hydrogens (tertiary/aromatic N) is 1. The SMILES string of the molecule is Cc1c(C(=O)NCc2ccc(N3CCCC3)cc2)oc2ccc(Cl)cc12. The molecule has 1 aliphatic heterocycles. The number of carbonyl (C=O) groups is 1. The number of fused-ring (bicyclic) bond motifs is 1. The molecule has 1 N–H and O–H groups in total. The summed E-state index contributed by atoms with van der Waals surface area (Å²) in [5.41, 5.74) is 3.80. The molecule has 134 valence electrons. The number of nitrogens with one attached hydrogen (secondary N) is 1. The van der Waals surface area contributed by atoms with E-state index in [0.717, 1.165) is 29.6 Å². The summed E-state index contributed by atoms with van der Waals surface area (Å²) >= 11 is 6.03. The van der Waals surface area contributed by atoms with Gasteiger partial charge in [0.2, 0.25) is 0 Å². The van der Waals surface area contributed by atoms with Gasteiger partial charge in [0.25, 0.3) is 5.91 Å². The molecular formula is C21H21ClN2O2. The molecule has 0 atom stereocenters. The molecule has 1 aliphatic rings. The van der Waals surface area contributed by atoms with Crippen LogP contribution in [0.5, 0.6) is 0 Å². The second-order valence-corrected chi connectivity index (χ2v) is 7.18. The van der Waals surface area contributed by atoms with Gasteiger partial charge < -0.3 is 14.6 Å². The maximum absolute atomic E-state index is 12.5. The number of hydrogen-bond donors (Lipinski definition) is 1. The lowest BCUT2D eigenvalue weighted by atomic mass is 10.1. The van der Waals surface area contributed by atoms with Gasteiger partial charge in [0.1, 0.15) is 5.58 Å². The minimum absolute atomic E-state index is 0.210. The fourth-order valence-electron chi connectivity index (χ4n) is 3.47. The quantitative estimate of drug-likeness (QED) is 0.710. The second-order valence-electron chi connectivity index (χ2n) is 6.74. The molecule has 1 saturated heterocycles. The molecule has 0 aliphatic carbocycles. The third-order valence-electron chi connectivity index (χ3n) is 4.97. The van der Waals surface area contributed by atoms with Crippen molar-refractivity contribution < 1.29 is 9.21 Å². The summed E-state index contributed by atoms with van der Waals surface area (Å²) in [5.74, 6) is 0.134. The predicted octanol–water partition coefficient (Wildman–Crippen LogP) is 4.92. The molecule has 1 aromatic heterocycles. The van der Waals surface area contributed by atoms with E-state index in [4.69, 9.17) is 16.0 Å². The van der Waals surface area contributed by atoms with Crippen LogP contribution in [0.15, 0.2) is 46.9 Å². The van der Waals surface area contributed by atoms with E-state index in [1.54, 1.807) is 12.1 Å². The fourth-order valence-corrected chi connectivity index (χ4v) is 3.64. The van der Waals surface area contributed by atoms with Crippen molar-refractivity contribution in [1.29, 1.82) is 0 Å². The van der Waals surface area contributed by atoms with Crippen molar-refractivity contribution in [2.24, 2.45) is 0 Å². The normalized spacial score (nSPS) is 14.2. The van der Waals surface area contributed by atoms with Crippen LogP contribution in [0.25, 0.3) is 11.0 Å². The zero-order valence-electron chi connectivity index (χ0n) is 14.7. The Morgan fingerprint density at radius 1 is 1.15 bits per heavy atom. The first-order valence-electron chi connectivity index (χ1n) is 8.92. The number of rotatable bonds is 4. The number of aryl methyl sites for hydroxylation is 1. The molecule has 2 heterocycles. The molecule has 0 bridgehead atoms. The number of furan rings is 1. The van der Waals surface area contributed by atoms with Gasteiger partial charge in [0.15, 0.2) is 5.76 Å². The summed E-state index contributed by atoms with van der Waals surface area (Å²) in [5, 5.41) is 4.45. The summed E-state index contributed by atoms with van der Waals surface area (Å²) < 4.78 is 5.71. The first kappa shape index (κ1) is 17.0.